The Bertz CT molecular complexity index is 2230. The fourth-order valence-corrected chi connectivity index (χ4v) is 8.26. The lowest BCUT2D eigenvalue weighted by molar-refractivity contribution is 0.841. The molecule has 0 bridgehead atoms. The lowest BCUT2D eigenvalue weighted by Gasteiger charge is -2.28. The van der Waals surface area contributed by atoms with E-state index >= 15 is 0 Å². The quantitative estimate of drug-likeness (QED) is 0.192. The third-order valence-electron chi connectivity index (χ3n) is 8.95. The lowest BCUT2D eigenvalue weighted by atomic mass is 9.84. The molecule has 42 heavy (non-hydrogen) atoms. The van der Waals surface area contributed by atoms with E-state index in [1.807, 2.05) is 11.3 Å². The minimum Gasteiger partial charge on any atom is -0.310 e. The summed E-state index contributed by atoms with van der Waals surface area (Å²) < 4.78 is 1.35. The highest BCUT2D eigenvalue weighted by atomic mass is 32.1. The number of benzene rings is 6. The number of nitrogens with zero attached hydrogens (tertiary/aromatic N) is 1. The van der Waals surface area contributed by atoms with Crippen molar-refractivity contribution in [3.05, 3.63) is 156 Å². The highest BCUT2D eigenvalue weighted by Gasteiger charge is 2.32. The average molecular weight is 554 g/mol. The van der Waals surface area contributed by atoms with Crippen LogP contribution in [0.5, 0.6) is 0 Å². The Labute approximate surface area is 249 Å². The first-order valence-electron chi connectivity index (χ1n) is 14.6. The summed E-state index contributed by atoms with van der Waals surface area (Å²) in [7, 11) is 0. The van der Waals surface area contributed by atoms with Gasteiger partial charge in [-0.1, -0.05) is 103 Å². The van der Waals surface area contributed by atoms with E-state index in [-0.39, 0.29) is 5.92 Å². The van der Waals surface area contributed by atoms with E-state index in [0.29, 0.717) is 0 Å². The van der Waals surface area contributed by atoms with Crippen molar-refractivity contribution in [3.63, 3.8) is 0 Å². The zero-order chi connectivity index (χ0) is 27.6. The van der Waals surface area contributed by atoms with Gasteiger partial charge < -0.3 is 4.90 Å². The SMILES string of the molecule is C1=C\c2sc3cccc4c3c2C(C/C=C/1)c1cc(-c2ccccc2)ccc1N4c1ccc2c(ccc3ccccc32)c1. The maximum Gasteiger partial charge on any atom is 0.0551 e. The highest BCUT2D eigenvalue weighted by Crippen LogP contribution is 2.54. The summed E-state index contributed by atoms with van der Waals surface area (Å²) in [4.78, 5) is 3.89. The first kappa shape index (κ1) is 23.8. The summed E-state index contributed by atoms with van der Waals surface area (Å²) in [5, 5.41) is 6.52. The van der Waals surface area contributed by atoms with Gasteiger partial charge >= 0.3 is 0 Å². The number of anilines is 3. The maximum absolute atomic E-state index is 2.52. The number of fused-ring (bicyclic) bond motifs is 5. The first-order valence-corrected chi connectivity index (χ1v) is 15.4. The Kier molecular flexibility index (Phi) is 5.26. The normalized spacial score (nSPS) is 17.0. The predicted molar refractivity (Wildman–Crippen MR) is 182 cm³/mol. The Hall–Kier alpha value is -4.92. The van der Waals surface area contributed by atoms with Crippen molar-refractivity contribution in [2.75, 3.05) is 4.90 Å². The molecule has 7 aromatic rings. The van der Waals surface area contributed by atoms with Gasteiger partial charge in [0.15, 0.2) is 0 Å². The maximum atomic E-state index is 2.52. The molecule has 0 spiro atoms. The van der Waals surface area contributed by atoms with Gasteiger partial charge in [0.1, 0.15) is 0 Å². The molecule has 1 unspecified atom stereocenters. The highest BCUT2D eigenvalue weighted by molar-refractivity contribution is 7.20. The molecule has 1 aliphatic carbocycles. The Balaban J connectivity index is 1.36. The molecular weight excluding hydrogens is 527 g/mol. The molecular formula is C40H27NS. The van der Waals surface area contributed by atoms with E-state index in [1.54, 1.807) is 0 Å². The van der Waals surface area contributed by atoms with Crippen LogP contribution in [-0.2, 0) is 0 Å². The first-order chi connectivity index (χ1) is 20.8. The van der Waals surface area contributed by atoms with E-state index in [9.17, 15) is 0 Å². The van der Waals surface area contributed by atoms with Crippen molar-refractivity contribution >= 4 is 66.1 Å². The van der Waals surface area contributed by atoms with Crippen molar-refractivity contribution < 1.29 is 0 Å². The van der Waals surface area contributed by atoms with Crippen LogP contribution in [0.3, 0.4) is 0 Å². The minimum absolute atomic E-state index is 0.268. The van der Waals surface area contributed by atoms with Crippen LogP contribution in [0.4, 0.5) is 17.1 Å². The molecule has 1 atom stereocenters. The molecule has 0 N–H and O–H groups in total. The van der Waals surface area contributed by atoms with Crippen molar-refractivity contribution in [2.24, 2.45) is 0 Å². The van der Waals surface area contributed by atoms with Gasteiger partial charge in [0.2, 0.25) is 0 Å². The molecule has 0 saturated carbocycles. The van der Waals surface area contributed by atoms with Gasteiger partial charge in [-0.3, -0.25) is 0 Å². The predicted octanol–water partition coefficient (Wildman–Crippen LogP) is 11.8. The molecule has 2 heteroatoms. The number of hydrogen-bond donors (Lipinski definition) is 0. The van der Waals surface area contributed by atoms with Gasteiger partial charge in [0, 0.05) is 26.6 Å². The van der Waals surface area contributed by atoms with E-state index in [2.05, 4.69) is 151 Å². The molecule has 0 radical (unpaired) electrons. The largest absolute Gasteiger partial charge is 0.310 e. The second kappa shape index (κ2) is 9.30. The molecule has 0 amide bonds. The molecule has 1 aromatic heterocycles. The summed E-state index contributed by atoms with van der Waals surface area (Å²) in [6, 6.07) is 44.9. The smallest absolute Gasteiger partial charge is 0.0551 e. The van der Waals surface area contributed by atoms with Crippen LogP contribution in [0.25, 0.3) is 48.8 Å². The van der Waals surface area contributed by atoms with Crippen molar-refractivity contribution in [1.29, 1.82) is 0 Å². The average Bonchev–Trinajstić information content (AvgIpc) is 3.34. The standard InChI is InChI=1S/C40H27NS/c1-3-10-26(11-4-1)28-20-23-35-34(25-28)33-14-5-2-6-16-37-39(33)40-36(15-9-17-38(40)42-37)41(35)30-21-22-32-29(24-30)19-18-27-12-7-8-13-31(27)32/h1-13,15-25,33H,14H2/b5-2+,16-6-. The molecule has 1 aliphatic heterocycles. The van der Waals surface area contributed by atoms with Crippen LogP contribution >= 0.6 is 11.3 Å². The van der Waals surface area contributed by atoms with Crippen molar-refractivity contribution in [3.8, 4) is 11.1 Å². The summed E-state index contributed by atoms with van der Waals surface area (Å²) in [5.41, 5.74) is 9.08. The number of hydrogen-bond acceptors (Lipinski definition) is 2. The van der Waals surface area contributed by atoms with Crippen LogP contribution in [0.1, 0.15) is 28.3 Å². The van der Waals surface area contributed by atoms with E-state index < -0.39 is 0 Å². The number of thiophene rings is 1. The van der Waals surface area contributed by atoms with Crippen molar-refractivity contribution in [2.45, 2.75) is 12.3 Å². The lowest BCUT2D eigenvalue weighted by Crippen LogP contribution is -2.12. The van der Waals surface area contributed by atoms with Gasteiger partial charge in [-0.25, -0.2) is 0 Å². The van der Waals surface area contributed by atoms with Crippen LogP contribution < -0.4 is 4.90 Å². The fourth-order valence-electron chi connectivity index (χ4n) is 7.06. The van der Waals surface area contributed by atoms with E-state index in [1.165, 1.54) is 75.8 Å². The number of allylic oxidation sites excluding steroid dienone is 3. The molecule has 198 valence electrons. The van der Waals surface area contributed by atoms with Crippen LogP contribution in [0.15, 0.2) is 140 Å². The molecule has 9 rings (SSSR count). The van der Waals surface area contributed by atoms with Crippen LogP contribution in [0.2, 0.25) is 0 Å². The van der Waals surface area contributed by atoms with Gasteiger partial charge in [-0.05, 0) is 92.7 Å². The minimum atomic E-state index is 0.268. The summed E-state index contributed by atoms with van der Waals surface area (Å²) in [6.07, 6.45) is 10.0. The van der Waals surface area contributed by atoms with Crippen LogP contribution in [0, 0.1) is 0 Å². The van der Waals surface area contributed by atoms with E-state index in [0.717, 1.165) is 6.42 Å². The van der Waals surface area contributed by atoms with Gasteiger partial charge in [-0.2, -0.15) is 0 Å². The molecule has 2 aliphatic rings. The molecule has 6 aromatic carbocycles. The third-order valence-corrected chi connectivity index (χ3v) is 10.1. The molecule has 1 nitrogen and oxygen atoms in total. The summed E-state index contributed by atoms with van der Waals surface area (Å²) in [6.45, 7) is 0. The zero-order valence-corrected chi connectivity index (χ0v) is 23.8. The Morgan fingerprint density at radius 3 is 2.43 bits per heavy atom. The van der Waals surface area contributed by atoms with Crippen molar-refractivity contribution in [1.82, 2.24) is 0 Å². The monoisotopic (exact) mass is 553 g/mol. The molecule has 0 saturated heterocycles. The molecule has 0 fully saturated rings. The van der Waals surface area contributed by atoms with Gasteiger partial charge in [0.25, 0.3) is 0 Å². The topological polar surface area (TPSA) is 3.24 Å². The second-order valence-electron chi connectivity index (χ2n) is 11.3. The Morgan fingerprint density at radius 2 is 1.48 bits per heavy atom. The summed E-state index contributed by atoms with van der Waals surface area (Å²) in [5.74, 6) is 0.268. The zero-order valence-electron chi connectivity index (χ0n) is 23.0. The van der Waals surface area contributed by atoms with Gasteiger partial charge in [0.05, 0.1) is 11.4 Å². The Morgan fingerprint density at radius 1 is 0.619 bits per heavy atom. The third kappa shape index (κ3) is 3.55. The number of rotatable bonds is 2. The van der Waals surface area contributed by atoms with Crippen LogP contribution in [-0.4, -0.2) is 0 Å². The van der Waals surface area contributed by atoms with E-state index in [4.69, 9.17) is 0 Å². The molecule has 2 heterocycles. The fraction of sp³-hybridized carbons (Fsp3) is 0.0500. The summed E-state index contributed by atoms with van der Waals surface area (Å²) >= 11 is 1.92. The van der Waals surface area contributed by atoms with Gasteiger partial charge in [-0.15, -0.1) is 11.3 Å². The second-order valence-corrected chi connectivity index (χ2v) is 12.4.